The molecule has 1 aromatic carbocycles. The van der Waals surface area contributed by atoms with Crippen LogP contribution in [0.5, 0.6) is 0 Å². The van der Waals surface area contributed by atoms with Crippen LogP contribution in [0.25, 0.3) is 10.9 Å². The molecule has 0 spiro atoms. The van der Waals surface area contributed by atoms with Crippen LogP contribution in [0.15, 0.2) is 24.3 Å². The number of hydrogen-bond donors (Lipinski definition) is 1. The molecule has 2 aliphatic heterocycles. The highest BCUT2D eigenvalue weighted by Gasteiger charge is 2.36. The Balaban J connectivity index is 1.86. The second-order valence-corrected chi connectivity index (χ2v) is 5.25. The largest absolute Gasteiger partial charge is 0.364 e. The first-order valence-corrected chi connectivity index (χ1v) is 6.84. The van der Waals surface area contributed by atoms with Crippen LogP contribution in [0.3, 0.4) is 0 Å². The summed E-state index contributed by atoms with van der Waals surface area (Å²) in [7, 11) is 0. The van der Waals surface area contributed by atoms with E-state index in [4.69, 9.17) is 9.84 Å². The highest BCUT2D eigenvalue weighted by atomic mass is 16.5. The van der Waals surface area contributed by atoms with E-state index in [0.29, 0.717) is 6.04 Å². The van der Waals surface area contributed by atoms with Crippen molar-refractivity contribution in [2.45, 2.75) is 31.5 Å². The smallest absolute Gasteiger partial charge is 0.151 e. The van der Waals surface area contributed by atoms with Crippen molar-refractivity contribution < 1.29 is 10.1 Å². The van der Waals surface area contributed by atoms with Crippen molar-refractivity contribution in [1.29, 1.82) is 0 Å². The molecule has 1 aromatic heterocycles. The number of quaternary nitrogens is 1. The minimum atomic E-state index is 0.216. The normalized spacial score (nSPS) is 27.6. The molecule has 0 saturated carbocycles. The Hall–Kier alpha value is -1.39. The molecule has 2 aromatic rings. The summed E-state index contributed by atoms with van der Waals surface area (Å²) < 4.78 is 8.22. The van der Waals surface area contributed by atoms with Crippen LogP contribution in [0.4, 0.5) is 0 Å². The van der Waals surface area contributed by atoms with Crippen molar-refractivity contribution in [1.82, 2.24) is 9.78 Å². The third-order valence-corrected chi connectivity index (χ3v) is 4.16. The van der Waals surface area contributed by atoms with Crippen LogP contribution in [0, 0.1) is 0 Å². The van der Waals surface area contributed by atoms with Crippen LogP contribution in [0.1, 0.15) is 24.6 Å². The molecule has 4 heteroatoms. The van der Waals surface area contributed by atoms with E-state index < -0.39 is 0 Å². The van der Waals surface area contributed by atoms with E-state index in [1.165, 1.54) is 30.5 Å². The topological polar surface area (TPSA) is 43.7 Å². The maximum Gasteiger partial charge on any atom is 0.151 e. The van der Waals surface area contributed by atoms with E-state index in [0.717, 1.165) is 18.7 Å². The molecule has 0 radical (unpaired) electrons. The fraction of sp³-hybridized carbons (Fsp3) is 0.500. The van der Waals surface area contributed by atoms with Crippen molar-refractivity contribution in [2.24, 2.45) is 0 Å². The van der Waals surface area contributed by atoms with Gasteiger partial charge in [0.1, 0.15) is 6.04 Å². The summed E-state index contributed by atoms with van der Waals surface area (Å²) in [6.07, 6.45) is 2.77. The number of benzene rings is 1. The molecule has 2 aliphatic rings. The highest BCUT2D eigenvalue weighted by molar-refractivity contribution is 5.82. The van der Waals surface area contributed by atoms with Crippen LogP contribution in [-0.2, 0) is 11.3 Å². The summed E-state index contributed by atoms with van der Waals surface area (Å²) in [5.41, 5.74) is 2.39. The maximum atomic E-state index is 6.06. The zero-order valence-electron chi connectivity index (χ0n) is 10.4. The number of hydrogen-bond acceptors (Lipinski definition) is 2. The van der Waals surface area contributed by atoms with Crippen LogP contribution < -0.4 is 5.32 Å². The predicted octanol–water partition coefficient (Wildman–Crippen LogP) is 0.833. The van der Waals surface area contributed by atoms with E-state index in [1.807, 2.05) is 0 Å². The van der Waals surface area contributed by atoms with Crippen LogP contribution >= 0.6 is 0 Å². The second-order valence-electron chi connectivity index (χ2n) is 5.25. The molecule has 2 atom stereocenters. The Morgan fingerprint density at radius 3 is 3.17 bits per heavy atom. The SMILES string of the molecule is c1ccc2c3n(nc2c1)CCOC3[C@@H]1CCC[NH2+]1. The summed E-state index contributed by atoms with van der Waals surface area (Å²) >= 11 is 0. The summed E-state index contributed by atoms with van der Waals surface area (Å²) in [5.74, 6) is 0. The molecule has 0 amide bonds. The molecule has 18 heavy (non-hydrogen) atoms. The first kappa shape index (κ1) is 10.5. The summed E-state index contributed by atoms with van der Waals surface area (Å²) in [6, 6.07) is 8.98. The van der Waals surface area contributed by atoms with Crippen molar-refractivity contribution in [3.8, 4) is 0 Å². The van der Waals surface area contributed by atoms with Crippen LogP contribution in [0.2, 0.25) is 0 Å². The lowest BCUT2D eigenvalue weighted by atomic mass is 10.0. The van der Waals surface area contributed by atoms with Gasteiger partial charge in [0, 0.05) is 18.2 Å². The second kappa shape index (κ2) is 4.07. The molecule has 0 bridgehead atoms. The monoisotopic (exact) mass is 244 g/mol. The molecule has 2 N–H and O–H groups in total. The molecular formula is C14H18N3O+. The quantitative estimate of drug-likeness (QED) is 0.807. The molecule has 1 fully saturated rings. The van der Waals surface area contributed by atoms with E-state index in [1.54, 1.807) is 0 Å². The minimum Gasteiger partial charge on any atom is -0.364 e. The zero-order chi connectivity index (χ0) is 11.9. The molecular weight excluding hydrogens is 226 g/mol. The van der Waals surface area contributed by atoms with Gasteiger partial charge in [-0.05, 0) is 6.07 Å². The van der Waals surface area contributed by atoms with Gasteiger partial charge >= 0.3 is 0 Å². The van der Waals surface area contributed by atoms with Crippen LogP contribution in [-0.4, -0.2) is 29.0 Å². The Labute approximate surface area is 106 Å². The van der Waals surface area contributed by atoms with E-state index in [2.05, 4.69) is 34.3 Å². The fourth-order valence-corrected chi connectivity index (χ4v) is 3.32. The van der Waals surface area contributed by atoms with Crippen molar-refractivity contribution in [2.75, 3.05) is 13.2 Å². The van der Waals surface area contributed by atoms with Crippen molar-refractivity contribution >= 4 is 10.9 Å². The Morgan fingerprint density at radius 2 is 2.28 bits per heavy atom. The number of ether oxygens (including phenoxy) is 1. The lowest BCUT2D eigenvalue weighted by Crippen LogP contribution is -2.88. The third kappa shape index (κ3) is 1.49. The van der Waals surface area contributed by atoms with Gasteiger partial charge in [0.05, 0.1) is 30.9 Å². The Morgan fingerprint density at radius 1 is 1.33 bits per heavy atom. The first-order valence-electron chi connectivity index (χ1n) is 6.84. The van der Waals surface area contributed by atoms with Gasteiger partial charge in [0.2, 0.25) is 0 Å². The molecule has 94 valence electrons. The number of fused-ring (bicyclic) bond motifs is 3. The van der Waals surface area contributed by atoms with Crippen molar-refractivity contribution in [3.63, 3.8) is 0 Å². The zero-order valence-corrected chi connectivity index (χ0v) is 10.4. The van der Waals surface area contributed by atoms with Gasteiger partial charge in [-0.25, -0.2) is 0 Å². The molecule has 3 heterocycles. The van der Waals surface area contributed by atoms with Gasteiger partial charge in [0.25, 0.3) is 0 Å². The predicted molar refractivity (Wildman–Crippen MR) is 68.2 cm³/mol. The summed E-state index contributed by atoms with van der Waals surface area (Å²) in [6.45, 7) is 2.90. The Kier molecular flexibility index (Phi) is 2.38. The van der Waals surface area contributed by atoms with Gasteiger partial charge in [-0.1, -0.05) is 18.2 Å². The molecule has 1 unspecified atom stereocenters. The van der Waals surface area contributed by atoms with Gasteiger partial charge in [-0.3, -0.25) is 4.68 Å². The lowest BCUT2D eigenvalue weighted by molar-refractivity contribution is -0.679. The molecule has 0 aliphatic carbocycles. The van der Waals surface area contributed by atoms with Gasteiger partial charge < -0.3 is 10.1 Å². The molecule has 4 nitrogen and oxygen atoms in total. The number of nitrogens with two attached hydrogens (primary N) is 1. The van der Waals surface area contributed by atoms with Gasteiger partial charge in [0.15, 0.2) is 6.10 Å². The number of rotatable bonds is 1. The van der Waals surface area contributed by atoms with Gasteiger partial charge in [-0.15, -0.1) is 0 Å². The Bertz CT molecular complexity index is 571. The third-order valence-electron chi connectivity index (χ3n) is 4.16. The average Bonchev–Trinajstić information content (AvgIpc) is 3.05. The standard InChI is InChI=1S/C14H17N3O/c1-2-5-11-10(4-1)13-14(12-6-3-7-15-12)18-9-8-17(13)16-11/h1-2,4-5,12,14-15H,3,6-9H2/p+1/t12-,14?/m0/s1. The van der Waals surface area contributed by atoms with E-state index in [9.17, 15) is 0 Å². The van der Waals surface area contributed by atoms with Gasteiger partial charge in [-0.2, -0.15) is 5.10 Å². The van der Waals surface area contributed by atoms with E-state index >= 15 is 0 Å². The average molecular weight is 244 g/mol. The fourth-order valence-electron chi connectivity index (χ4n) is 3.32. The number of nitrogens with zero attached hydrogens (tertiary/aromatic N) is 2. The minimum absolute atomic E-state index is 0.216. The van der Waals surface area contributed by atoms with Crippen molar-refractivity contribution in [3.05, 3.63) is 30.0 Å². The lowest BCUT2D eigenvalue weighted by Gasteiger charge is -2.27. The summed E-state index contributed by atoms with van der Waals surface area (Å²) in [4.78, 5) is 0. The molecule has 4 rings (SSSR count). The summed E-state index contributed by atoms with van der Waals surface area (Å²) in [5, 5.41) is 8.40. The van der Waals surface area contributed by atoms with E-state index in [-0.39, 0.29) is 6.10 Å². The highest BCUT2D eigenvalue weighted by Crippen LogP contribution is 2.32. The first-order chi connectivity index (χ1) is 8.93. The molecule has 1 saturated heterocycles. The maximum absolute atomic E-state index is 6.06. The number of aromatic nitrogens is 2.